The molecule has 0 amide bonds. The molecule has 2 aromatic carbocycles. The lowest BCUT2D eigenvalue weighted by atomic mass is 10.2. The van der Waals surface area contributed by atoms with Crippen molar-refractivity contribution in [2.75, 3.05) is 23.8 Å². The van der Waals surface area contributed by atoms with Crippen LogP contribution >= 0.6 is 24.4 Å². The van der Waals surface area contributed by atoms with E-state index < -0.39 is 0 Å². The second-order valence-electron chi connectivity index (χ2n) is 5.43. The molecule has 4 nitrogen and oxygen atoms in total. The second kappa shape index (κ2) is 12.2. The molecule has 2 aromatic rings. The fourth-order valence-electron chi connectivity index (χ4n) is 2.02. The number of ether oxygens (including phenoxy) is 2. The molecule has 0 saturated heterocycles. The molecule has 0 spiro atoms. The van der Waals surface area contributed by atoms with E-state index in [1.165, 1.54) is 11.1 Å². The van der Waals surface area contributed by atoms with Crippen LogP contribution in [-0.4, -0.2) is 23.6 Å². The van der Waals surface area contributed by atoms with E-state index in [0.29, 0.717) is 23.6 Å². The minimum Gasteiger partial charge on any atom is -0.471 e. The van der Waals surface area contributed by atoms with Crippen molar-refractivity contribution in [1.82, 2.24) is 0 Å². The molecule has 0 aromatic heterocycles. The van der Waals surface area contributed by atoms with Gasteiger partial charge in [0.05, 0.1) is 13.2 Å². The summed E-state index contributed by atoms with van der Waals surface area (Å²) in [4.78, 5) is 0. The van der Waals surface area contributed by atoms with Crippen LogP contribution in [0.1, 0.15) is 25.0 Å². The highest BCUT2D eigenvalue weighted by Crippen LogP contribution is 2.10. The largest absolute Gasteiger partial charge is 0.471 e. The molecule has 2 N–H and O–H groups in total. The lowest BCUT2D eigenvalue weighted by Crippen LogP contribution is -2.12. The Hall–Kier alpha value is -2.18. The van der Waals surface area contributed by atoms with Crippen LogP contribution in [0, 0.1) is 13.8 Å². The van der Waals surface area contributed by atoms with Gasteiger partial charge in [0.2, 0.25) is 0 Å². The van der Waals surface area contributed by atoms with Gasteiger partial charge in [0.1, 0.15) is 0 Å². The third-order valence-electron chi connectivity index (χ3n) is 3.08. The Bertz CT molecular complexity index is 659. The fourth-order valence-corrected chi connectivity index (χ4v) is 2.49. The van der Waals surface area contributed by atoms with Crippen molar-refractivity contribution in [1.29, 1.82) is 0 Å². The number of hydrogen-bond donors (Lipinski definition) is 2. The summed E-state index contributed by atoms with van der Waals surface area (Å²) in [5.74, 6) is 0. The smallest absolute Gasteiger partial charge is 0.261 e. The highest BCUT2D eigenvalue weighted by molar-refractivity contribution is 7.80. The molecule has 6 heteroatoms. The van der Waals surface area contributed by atoms with Gasteiger partial charge in [0.25, 0.3) is 10.3 Å². The number of thiocarbonyl (C=S) groups is 2. The Morgan fingerprint density at radius 3 is 1.46 bits per heavy atom. The molecular formula is C20H26N2O2S2. The Morgan fingerprint density at radius 1 is 0.769 bits per heavy atom. The van der Waals surface area contributed by atoms with Crippen molar-refractivity contribution in [3.8, 4) is 0 Å². The molecule has 0 aliphatic heterocycles. The number of nitrogens with one attached hydrogen (secondary N) is 2. The van der Waals surface area contributed by atoms with Crippen LogP contribution in [-0.2, 0) is 9.47 Å². The molecule has 140 valence electrons. The Morgan fingerprint density at radius 2 is 1.15 bits per heavy atom. The van der Waals surface area contributed by atoms with Crippen LogP contribution < -0.4 is 10.6 Å². The third-order valence-corrected chi connectivity index (χ3v) is 3.52. The van der Waals surface area contributed by atoms with E-state index in [9.17, 15) is 0 Å². The van der Waals surface area contributed by atoms with Crippen LogP contribution in [0.3, 0.4) is 0 Å². The van der Waals surface area contributed by atoms with Gasteiger partial charge in [-0.3, -0.25) is 0 Å². The standard InChI is InChI=1S/2C10H13NOS/c2*1-3-12-10(13)11-9-6-4-5-8(2)7-9/h2*4-7H,3H2,1-2H3,(H,11,13). The van der Waals surface area contributed by atoms with Crippen molar-refractivity contribution in [3.63, 3.8) is 0 Å². The minimum atomic E-state index is 0.424. The van der Waals surface area contributed by atoms with Gasteiger partial charge in [-0.25, -0.2) is 0 Å². The van der Waals surface area contributed by atoms with Crippen LogP contribution in [0.4, 0.5) is 11.4 Å². The minimum absolute atomic E-state index is 0.424. The maximum atomic E-state index is 5.11. The van der Waals surface area contributed by atoms with Gasteiger partial charge < -0.3 is 20.1 Å². The van der Waals surface area contributed by atoms with Crippen LogP contribution in [0.2, 0.25) is 0 Å². The molecular weight excluding hydrogens is 364 g/mol. The fraction of sp³-hybridized carbons (Fsp3) is 0.300. The first-order valence-electron chi connectivity index (χ1n) is 8.45. The van der Waals surface area contributed by atoms with Crippen molar-refractivity contribution in [2.45, 2.75) is 27.7 Å². The molecule has 0 bridgehead atoms. The molecule has 0 radical (unpaired) electrons. The topological polar surface area (TPSA) is 42.5 Å². The summed E-state index contributed by atoms with van der Waals surface area (Å²) in [6.07, 6.45) is 0. The van der Waals surface area contributed by atoms with Crippen molar-refractivity contribution >= 4 is 46.2 Å². The number of anilines is 2. The predicted molar refractivity (Wildman–Crippen MR) is 118 cm³/mol. The van der Waals surface area contributed by atoms with E-state index in [1.807, 2.05) is 76.2 Å². The van der Waals surface area contributed by atoms with Gasteiger partial charge in [-0.15, -0.1) is 0 Å². The zero-order valence-electron chi connectivity index (χ0n) is 15.7. The number of hydrogen-bond acceptors (Lipinski definition) is 4. The van der Waals surface area contributed by atoms with Crippen molar-refractivity contribution < 1.29 is 9.47 Å². The summed E-state index contributed by atoms with van der Waals surface area (Å²) in [6, 6.07) is 16.0. The van der Waals surface area contributed by atoms with E-state index in [0.717, 1.165) is 11.4 Å². The van der Waals surface area contributed by atoms with Gasteiger partial charge in [-0.05, 0) is 87.5 Å². The average Bonchev–Trinajstić information content (AvgIpc) is 2.56. The maximum absolute atomic E-state index is 5.11. The van der Waals surface area contributed by atoms with Crippen LogP contribution in [0.15, 0.2) is 48.5 Å². The van der Waals surface area contributed by atoms with Crippen LogP contribution in [0.5, 0.6) is 0 Å². The van der Waals surface area contributed by atoms with E-state index in [-0.39, 0.29) is 0 Å². The summed E-state index contributed by atoms with van der Waals surface area (Å²) in [5.41, 5.74) is 4.34. The molecule has 2 rings (SSSR count). The number of rotatable bonds is 4. The van der Waals surface area contributed by atoms with Gasteiger partial charge in [-0.1, -0.05) is 24.3 Å². The molecule has 26 heavy (non-hydrogen) atoms. The zero-order chi connectivity index (χ0) is 19.4. The molecule has 0 heterocycles. The summed E-state index contributed by atoms with van der Waals surface area (Å²) >= 11 is 9.89. The lowest BCUT2D eigenvalue weighted by Gasteiger charge is -2.07. The monoisotopic (exact) mass is 390 g/mol. The predicted octanol–water partition coefficient (Wildman–Crippen LogP) is 5.46. The van der Waals surface area contributed by atoms with Gasteiger partial charge in [0.15, 0.2) is 0 Å². The first kappa shape index (κ1) is 21.9. The van der Waals surface area contributed by atoms with Crippen molar-refractivity contribution in [3.05, 3.63) is 59.7 Å². The first-order valence-corrected chi connectivity index (χ1v) is 9.27. The Labute approximate surface area is 166 Å². The van der Waals surface area contributed by atoms with Crippen LogP contribution in [0.25, 0.3) is 0 Å². The number of benzene rings is 2. The second-order valence-corrected chi connectivity index (χ2v) is 6.17. The zero-order valence-corrected chi connectivity index (χ0v) is 17.3. The highest BCUT2D eigenvalue weighted by atomic mass is 32.1. The van der Waals surface area contributed by atoms with Gasteiger partial charge in [-0.2, -0.15) is 0 Å². The average molecular weight is 391 g/mol. The summed E-state index contributed by atoms with van der Waals surface area (Å²) in [6.45, 7) is 9.08. The lowest BCUT2D eigenvalue weighted by molar-refractivity contribution is 0.335. The summed E-state index contributed by atoms with van der Waals surface area (Å²) in [7, 11) is 0. The maximum Gasteiger partial charge on any atom is 0.261 e. The van der Waals surface area contributed by atoms with Gasteiger partial charge in [0, 0.05) is 11.4 Å². The number of aryl methyl sites for hydroxylation is 2. The highest BCUT2D eigenvalue weighted by Gasteiger charge is 1.97. The SMILES string of the molecule is CCOC(=S)Nc1cccc(C)c1.CCOC(=S)Nc1cccc(C)c1. The Kier molecular flexibility index (Phi) is 10.3. The molecule has 0 fully saturated rings. The van der Waals surface area contributed by atoms with E-state index in [2.05, 4.69) is 10.6 Å². The van der Waals surface area contributed by atoms with Gasteiger partial charge >= 0.3 is 0 Å². The molecule has 0 aliphatic rings. The Balaban J connectivity index is 0.000000260. The first-order chi connectivity index (χ1) is 12.4. The third kappa shape index (κ3) is 9.34. The molecule has 0 unspecified atom stereocenters. The van der Waals surface area contributed by atoms with E-state index >= 15 is 0 Å². The summed E-state index contributed by atoms with van der Waals surface area (Å²) in [5, 5.41) is 6.83. The normalized spacial score (nSPS) is 9.38. The molecule has 0 aliphatic carbocycles. The van der Waals surface area contributed by atoms with E-state index in [4.69, 9.17) is 33.9 Å². The quantitative estimate of drug-likeness (QED) is 0.676. The van der Waals surface area contributed by atoms with Crippen molar-refractivity contribution in [2.24, 2.45) is 0 Å². The summed E-state index contributed by atoms with van der Waals surface area (Å²) < 4.78 is 10.2. The molecule has 0 saturated carbocycles. The van der Waals surface area contributed by atoms with E-state index in [1.54, 1.807) is 0 Å². The molecule has 0 atom stereocenters.